The van der Waals surface area contributed by atoms with Crippen molar-refractivity contribution in [2.45, 2.75) is 39.5 Å². The van der Waals surface area contributed by atoms with Crippen LogP contribution in [0.5, 0.6) is 0 Å². The van der Waals surface area contributed by atoms with Gasteiger partial charge in [-0.2, -0.15) is 0 Å². The Balaban J connectivity index is 1.42. The monoisotopic (exact) mass is 405 g/mol. The molecule has 0 aromatic heterocycles. The van der Waals surface area contributed by atoms with Gasteiger partial charge in [0.2, 0.25) is 17.7 Å². The first kappa shape index (κ1) is 20.1. The maximum absolute atomic E-state index is 12.8. The van der Waals surface area contributed by atoms with Gasteiger partial charge >= 0.3 is 0 Å². The Hall–Kier alpha value is -3.15. The predicted octanol–water partition coefficient (Wildman–Crippen LogP) is 3.68. The fourth-order valence-electron chi connectivity index (χ4n) is 4.23. The van der Waals surface area contributed by atoms with Crippen molar-refractivity contribution in [2.75, 3.05) is 28.2 Å². The van der Waals surface area contributed by atoms with Gasteiger partial charge in [-0.25, -0.2) is 0 Å². The van der Waals surface area contributed by atoms with Crippen LogP contribution in [0.2, 0.25) is 0 Å². The molecule has 156 valence electrons. The highest BCUT2D eigenvalue weighted by atomic mass is 16.2. The smallest absolute Gasteiger partial charge is 0.229 e. The summed E-state index contributed by atoms with van der Waals surface area (Å²) < 4.78 is 0. The van der Waals surface area contributed by atoms with Crippen molar-refractivity contribution >= 4 is 34.8 Å². The lowest BCUT2D eigenvalue weighted by Crippen LogP contribution is -2.28. The van der Waals surface area contributed by atoms with Crippen molar-refractivity contribution in [3.05, 3.63) is 53.6 Å². The summed E-state index contributed by atoms with van der Waals surface area (Å²) >= 11 is 0. The second-order valence-electron chi connectivity index (χ2n) is 8.06. The van der Waals surface area contributed by atoms with E-state index >= 15 is 0 Å². The predicted molar refractivity (Wildman–Crippen MR) is 118 cm³/mol. The second-order valence-corrected chi connectivity index (χ2v) is 8.06. The zero-order chi connectivity index (χ0) is 21.3. The Morgan fingerprint density at radius 1 is 1.07 bits per heavy atom. The van der Waals surface area contributed by atoms with E-state index in [0.717, 1.165) is 36.3 Å². The normalized spacial score (nSPS) is 18.9. The molecule has 2 aromatic rings. The SMILES string of the molecule is CCc1ccc(N2CC(C(=O)Nc3ccc(N4CCCC4=O)c(C)c3)CC2=O)cc1. The van der Waals surface area contributed by atoms with Crippen LogP contribution in [0.4, 0.5) is 17.1 Å². The molecule has 0 saturated carbocycles. The Morgan fingerprint density at radius 2 is 1.83 bits per heavy atom. The topological polar surface area (TPSA) is 69.7 Å². The molecule has 1 N–H and O–H groups in total. The van der Waals surface area contributed by atoms with Crippen molar-refractivity contribution in [1.29, 1.82) is 0 Å². The Bertz CT molecular complexity index is 984. The van der Waals surface area contributed by atoms with E-state index < -0.39 is 0 Å². The number of anilines is 3. The van der Waals surface area contributed by atoms with Crippen LogP contribution in [-0.4, -0.2) is 30.8 Å². The Kier molecular flexibility index (Phi) is 5.57. The number of nitrogens with zero attached hydrogens (tertiary/aromatic N) is 2. The van der Waals surface area contributed by atoms with Gasteiger partial charge in [-0.15, -0.1) is 0 Å². The molecule has 2 aromatic carbocycles. The first-order valence-electron chi connectivity index (χ1n) is 10.6. The van der Waals surface area contributed by atoms with E-state index in [-0.39, 0.29) is 30.1 Å². The first-order valence-corrected chi connectivity index (χ1v) is 10.6. The molecule has 1 atom stereocenters. The van der Waals surface area contributed by atoms with Crippen molar-refractivity contribution in [3.8, 4) is 0 Å². The van der Waals surface area contributed by atoms with Crippen molar-refractivity contribution in [2.24, 2.45) is 5.92 Å². The minimum Gasteiger partial charge on any atom is -0.326 e. The average Bonchev–Trinajstić information content (AvgIpc) is 3.34. The summed E-state index contributed by atoms with van der Waals surface area (Å²) in [6.45, 7) is 5.16. The number of benzene rings is 2. The molecule has 2 aliphatic rings. The summed E-state index contributed by atoms with van der Waals surface area (Å²) in [6, 6.07) is 13.5. The molecular weight excluding hydrogens is 378 g/mol. The standard InChI is InChI=1S/C24H27N3O3/c1-3-17-6-9-20(10-7-17)27-15-18(14-23(27)29)24(30)25-19-8-11-21(16(2)13-19)26-12-4-5-22(26)28/h6-11,13,18H,3-5,12,14-15H2,1-2H3,(H,25,30). The molecule has 2 aliphatic heterocycles. The minimum atomic E-state index is -0.386. The maximum atomic E-state index is 12.8. The van der Waals surface area contributed by atoms with Gasteiger partial charge in [0.05, 0.1) is 5.92 Å². The molecule has 30 heavy (non-hydrogen) atoms. The molecular formula is C24H27N3O3. The molecule has 6 heteroatoms. The number of aryl methyl sites for hydroxylation is 2. The molecule has 0 radical (unpaired) electrons. The number of carbonyl (C=O) groups is 3. The highest BCUT2D eigenvalue weighted by Crippen LogP contribution is 2.29. The van der Waals surface area contributed by atoms with Gasteiger partial charge in [-0.05, 0) is 61.2 Å². The lowest BCUT2D eigenvalue weighted by Gasteiger charge is -2.20. The number of hydrogen-bond acceptors (Lipinski definition) is 3. The van der Waals surface area contributed by atoms with Crippen LogP contribution in [0.3, 0.4) is 0 Å². The molecule has 0 bridgehead atoms. The van der Waals surface area contributed by atoms with Crippen LogP contribution in [0.1, 0.15) is 37.3 Å². The van der Waals surface area contributed by atoms with Crippen LogP contribution >= 0.6 is 0 Å². The fraction of sp³-hybridized carbons (Fsp3) is 0.375. The molecule has 4 rings (SSSR count). The second kappa shape index (κ2) is 8.30. The van der Waals surface area contributed by atoms with Crippen molar-refractivity contribution < 1.29 is 14.4 Å². The number of hydrogen-bond donors (Lipinski definition) is 1. The molecule has 3 amide bonds. The number of rotatable bonds is 5. The quantitative estimate of drug-likeness (QED) is 0.825. The highest BCUT2D eigenvalue weighted by molar-refractivity contribution is 6.03. The molecule has 6 nitrogen and oxygen atoms in total. The molecule has 1 unspecified atom stereocenters. The average molecular weight is 405 g/mol. The lowest BCUT2D eigenvalue weighted by molar-refractivity contribution is -0.122. The number of nitrogens with one attached hydrogen (secondary N) is 1. The zero-order valence-electron chi connectivity index (χ0n) is 17.5. The molecule has 2 fully saturated rings. The van der Waals surface area contributed by atoms with Crippen LogP contribution < -0.4 is 15.1 Å². The van der Waals surface area contributed by atoms with Gasteiger partial charge in [0.15, 0.2) is 0 Å². The van der Waals surface area contributed by atoms with Gasteiger partial charge in [0.1, 0.15) is 0 Å². The van der Waals surface area contributed by atoms with E-state index in [1.165, 1.54) is 5.56 Å². The van der Waals surface area contributed by atoms with E-state index in [1.54, 1.807) is 9.80 Å². The van der Waals surface area contributed by atoms with Gasteiger partial charge in [-0.1, -0.05) is 19.1 Å². The third-order valence-corrected chi connectivity index (χ3v) is 5.98. The fourth-order valence-corrected chi connectivity index (χ4v) is 4.23. The molecule has 0 aliphatic carbocycles. The summed E-state index contributed by atoms with van der Waals surface area (Å²) in [6.07, 6.45) is 2.62. The third kappa shape index (κ3) is 3.95. The molecule has 0 spiro atoms. The summed E-state index contributed by atoms with van der Waals surface area (Å²) in [5.41, 5.74) is 4.58. The van der Waals surface area contributed by atoms with E-state index in [9.17, 15) is 14.4 Å². The van der Waals surface area contributed by atoms with Crippen molar-refractivity contribution in [3.63, 3.8) is 0 Å². The van der Waals surface area contributed by atoms with E-state index in [1.807, 2.05) is 49.4 Å². The zero-order valence-corrected chi connectivity index (χ0v) is 17.5. The number of amides is 3. The van der Waals surface area contributed by atoms with E-state index in [2.05, 4.69) is 12.2 Å². The first-order chi connectivity index (χ1) is 14.5. The Morgan fingerprint density at radius 3 is 2.47 bits per heavy atom. The highest BCUT2D eigenvalue weighted by Gasteiger charge is 2.35. The van der Waals surface area contributed by atoms with Gasteiger partial charge in [0.25, 0.3) is 0 Å². The molecule has 2 heterocycles. The van der Waals surface area contributed by atoms with Crippen LogP contribution in [0, 0.1) is 12.8 Å². The number of carbonyl (C=O) groups excluding carboxylic acids is 3. The minimum absolute atomic E-state index is 0.0292. The van der Waals surface area contributed by atoms with Gasteiger partial charge in [0, 0.05) is 43.0 Å². The third-order valence-electron chi connectivity index (χ3n) is 5.98. The van der Waals surface area contributed by atoms with Gasteiger partial charge in [-0.3, -0.25) is 14.4 Å². The Labute approximate surface area is 176 Å². The van der Waals surface area contributed by atoms with E-state index in [4.69, 9.17) is 0 Å². The maximum Gasteiger partial charge on any atom is 0.229 e. The largest absolute Gasteiger partial charge is 0.326 e. The molecule has 2 saturated heterocycles. The van der Waals surface area contributed by atoms with E-state index in [0.29, 0.717) is 18.7 Å². The summed E-state index contributed by atoms with van der Waals surface area (Å²) in [7, 11) is 0. The summed E-state index contributed by atoms with van der Waals surface area (Å²) in [5, 5.41) is 2.94. The van der Waals surface area contributed by atoms with Crippen LogP contribution in [0.15, 0.2) is 42.5 Å². The van der Waals surface area contributed by atoms with Crippen molar-refractivity contribution in [1.82, 2.24) is 0 Å². The summed E-state index contributed by atoms with van der Waals surface area (Å²) in [5.74, 6) is -0.422. The lowest BCUT2D eigenvalue weighted by atomic mass is 10.1. The van der Waals surface area contributed by atoms with Crippen LogP contribution in [-0.2, 0) is 20.8 Å². The summed E-state index contributed by atoms with van der Waals surface area (Å²) in [4.78, 5) is 40.8. The van der Waals surface area contributed by atoms with Crippen LogP contribution in [0.25, 0.3) is 0 Å². The van der Waals surface area contributed by atoms with Gasteiger partial charge < -0.3 is 15.1 Å².